The molecule has 2 N–H and O–H groups in total. The molecule has 29 heavy (non-hydrogen) atoms. The molecule has 0 aromatic rings. The second kappa shape index (κ2) is 8.49. The average molecular weight is 420 g/mol. The van der Waals surface area contributed by atoms with Crippen molar-refractivity contribution in [1.82, 2.24) is 20.4 Å². The van der Waals surface area contributed by atoms with Gasteiger partial charge >= 0.3 is 12.2 Å². The number of amides is 4. The van der Waals surface area contributed by atoms with Crippen molar-refractivity contribution in [3.63, 3.8) is 0 Å². The van der Waals surface area contributed by atoms with E-state index in [0.717, 1.165) is 16.2 Å². The van der Waals surface area contributed by atoms with E-state index in [-0.39, 0.29) is 36.9 Å². The molecule has 1 aliphatic heterocycles. The number of rotatable bonds is 7. The lowest BCUT2D eigenvalue weighted by Gasteiger charge is -2.43. The molecule has 0 aromatic carbocycles. The van der Waals surface area contributed by atoms with Gasteiger partial charge in [-0.2, -0.15) is 13.2 Å². The molecule has 0 radical (unpaired) electrons. The van der Waals surface area contributed by atoms with E-state index in [1.165, 1.54) is 7.05 Å². The van der Waals surface area contributed by atoms with Gasteiger partial charge in [0.1, 0.15) is 12.1 Å². The Labute approximate surface area is 169 Å². The summed E-state index contributed by atoms with van der Waals surface area (Å²) < 4.78 is 36.8. The first kappa shape index (κ1) is 23.4. The van der Waals surface area contributed by atoms with Crippen LogP contribution >= 0.6 is 0 Å². The van der Waals surface area contributed by atoms with Crippen molar-refractivity contribution in [3.8, 4) is 0 Å². The Hall–Kier alpha value is -1.84. The highest BCUT2D eigenvalue weighted by Crippen LogP contribution is 2.46. The first-order valence-electron chi connectivity index (χ1n) is 9.89. The summed E-state index contributed by atoms with van der Waals surface area (Å²) in [5.41, 5.74) is -1.06. The molecule has 7 nitrogen and oxygen atoms in total. The van der Waals surface area contributed by atoms with Gasteiger partial charge in [0.15, 0.2) is 0 Å². The molecule has 2 aliphatic rings. The van der Waals surface area contributed by atoms with Gasteiger partial charge in [0.05, 0.1) is 6.54 Å². The Kier molecular flexibility index (Phi) is 6.86. The zero-order valence-electron chi connectivity index (χ0n) is 17.5. The summed E-state index contributed by atoms with van der Waals surface area (Å²) in [6.07, 6.45) is -1.90. The third-order valence-electron chi connectivity index (χ3n) is 5.41. The Morgan fingerprint density at radius 3 is 2.55 bits per heavy atom. The van der Waals surface area contributed by atoms with Crippen molar-refractivity contribution < 1.29 is 27.6 Å². The van der Waals surface area contributed by atoms with E-state index in [2.05, 4.69) is 24.5 Å². The molecular weight excluding hydrogens is 389 g/mol. The summed E-state index contributed by atoms with van der Waals surface area (Å²) in [5, 5.41) is 5.37. The lowest BCUT2D eigenvalue weighted by atomic mass is 9.64. The van der Waals surface area contributed by atoms with E-state index in [9.17, 15) is 27.6 Å². The topological polar surface area (TPSA) is 81.8 Å². The molecule has 1 spiro atoms. The molecule has 0 aromatic heterocycles. The Bertz CT molecular complexity index is 653. The van der Waals surface area contributed by atoms with Gasteiger partial charge in [0, 0.05) is 6.54 Å². The second-order valence-electron chi connectivity index (χ2n) is 9.31. The number of halogens is 3. The van der Waals surface area contributed by atoms with Gasteiger partial charge in [-0.1, -0.05) is 20.8 Å². The summed E-state index contributed by atoms with van der Waals surface area (Å²) in [6.45, 7) is 5.11. The maximum Gasteiger partial charge on any atom is 0.401 e. The molecule has 2 rings (SSSR count). The third kappa shape index (κ3) is 6.32. The second-order valence-corrected chi connectivity index (χ2v) is 9.31. The number of hydrogen-bond acceptors (Lipinski definition) is 4. The van der Waals surface area contributed by atoms with E-state index in [1.54, 1.807) is 0 Å². The minimum Gasteiger partial charge on any atom is -0.354 e. The number of hydrogen-bond donors (Lipinski definition) is 2. The van der Waals surface area contributed by atoms with Gasteiger partial charge in [-0.25, -0.2) is 4.79 Å². The van der Waals surface area contributed by atoms with Crippen LogP contribution in [-0.4, -0.2) is 72.6 Å². The predicted octanol–water partition coefficient (Wildman–Crippen LogP) is 2.12. The van der Waals surface area contributed by atoms with Crippen LogP contribution in [0.2, 0.25) is 0 Å². The number of nitrogens with one attached hydrogen (secondary N) is 2. The summed E-state index contributed by atoms with van der Waals surface area (Å²) in [5.74, 6) is -0.611. The first-order valence-corrected chi connectivity index (χ1v) is 9.89. The van der Waals surface area contributed by atoms with Crippen molar-refractivity contribution in [1.29, 1.82) is 0 Å². The molecule has 166 valence electrons. The Balaban J connectivity index is 1.83. The van der Waals surface area contributed by atoms with Crippen LogP contribution in [0.1, 0.15) is 46.5 Å². The zero-order chi connectivity index (χ0) is 22.0. The SMILES string of the molecule is CC1CC(C)(C)CC2(C1)NC(=O)N(CC(=O)NCCCN(C)CC(F)(F)F)C2=O. The quantitative estimate of drug-likeness (QED) is 0.488. The van der Waals surface area contributed by atoms with E-state index < -0.39 is 30.2 Å². The fourth-order valence-electron chi connectivity index (χ4n) is 4.81. The lowest BCUT2D eigenvalue weighted by Crippen LogP contribution is -2.54. The largest absolute Gasteiger partial charge is 0.401 e. The zero-order valence-corrected chi connectivity index (χ0v) is 17.5. The molecule has 10 heteroatoms. The number of carbonyl (C=O) groups excluding carboxylic acids is 3. The molecule has 2 atom stereocenters. The molecule has 1 saturated carbocycles. The number of carbonyl (C=O) groups is 3. The highest BCUT2D eigenvalue weighted by atomic mass is 19.4. The third-order valence-corrected chi connectivity index (χ3v) is 5.41. The summed E-state index contributed by atoms with van der Waals surface area (Å²) in [4.78, 5) is 39.5. The van der Waals surface area contributed by atoms with Crippen molar-refractivity contribution in [2.75, 3.05) is 33.2 Å². The van der Waals surface area contributed by atoms with Crippen LogP contribution in [0.3, 0.4) is 0 Å². The van der Waals surface area contributed by atoms with E-state index in [0.29, 0.717) is 19.3 Å². The summed E-state index contributed by atoms with van der Waals surface area (Å²) in [6, 6.07) is -0.569. The monoisotopic (exact) mass is 420 g/mol. The van der Waals surface area contributed by atoms with Crippen molar-refractivity contribution in [2.45, 2.75) is 58.2 Å². The smallest absolute Gasteiger partial charge is 0.354 e. The minimum absolute atomic E-state index is 0.0959. The van der Waals surface area contributed by atoms with Crippen molar-refractivity contribution in [3.05, 3.63) is 0 Å². The molecule has 1 saturated heterocycles. The van der Waals surface area contributed by atoms with Crippen LogP contribution in [0.5, 0.6) is 0 Å². The maximum absolute atomic E-state index is 13.0. The van der Waals surface area contributed by atoms with Crippen LogP contribution in [0.25, 0.3) is 0 Å². The van der Waals surface area contributed by atoms with E-state index in [1.807, 2.05) is 6.92 Å². The van der Waals surface area contributed by atoms with Crippen LogP contribution in [0, 0.1) is 11.3 Å². The van der Waals surface area contributed by atoms with Gasteiger partial charge in [0.25, 0.3) is 5.91 Å². The molecule has 4 amide bonds. The van der Waals surface area contributed by atoms with Crippen molar-refractivity contribution in [2.24, 2.45) is 11.3 Å². The van der Waals surface area contributed by atoms with Crippen LogP contribution in [-0.2, 0) is 9.59 Å². The van der Waals surface area contributed by atoms with Gasteiger partial charge in [0.2, 0.25) is 5.91 Å². The summed E-state index contributed by atoms with van der Waals surface area (Å²) >= 11 is 0. The molecular formula is C19H31F3N4O3. The van der Waals surface area contributed by atoms with E-state index in [4.69, 9.17) is 0 Å². The molecule has 2 unspecified atom stereocenters. The van der Waals surface area contributed by atoms with Crippen LogP contribution in [0.4, 0.5) is 18.0 Å². The number of urea groups is 1. The predicted molar refractivity (Wildman–Crippen MR) is 101 cm³/mol. The first-order chi connectivity index (χ1) is 13.2. The maximum atomic E-state index is 13.0. The Morgan fingerprint density at radius 2 is 1.97 bits per heavy atom. The molecule has 1 heterocycles. The van der Waals surface area contributed by atoms with Gasteiger partial charge in [-0.15, -0.1) is 0 Å². The lowest BCUT2D eigenvalue weighted by molar-refractivity contribution is -0.143. The van der Waals surface area contributed by atoms with Crippen LogP contribution < -0.4 is 10.6 Å². The molecule has 0 bridgehead atoms. The van der Waals surface area contributed by atoms with Crippen LogP contribution in [0.15, 0.2) is 0 Å². The Morgan fingerprint density at radius 1 is 1.31 bits per heavy atom. The molecule has 2 fully saturated rings. The van der Waals surface area contributed by atoms with Gasteiger partial charge in [-0.05, 0) is 50.6 Å². The average Bonchev–Trinajstić information content (AvgIpc) is 2.71. The van der Waals surface area contributed by atoms with Gasteiger partial charge in [-0.3, -0.25) is 19.4 Å². The number of alkyl halides is 3. The number of nitrogens with zero attached hydrogens (tertiary/aromatic N) is 2. The van der Waals surface area contributed by atoms with E-state index >= 15 is 0 Å². The van der Waals surface area contributed by atoms with Gasteiger partial charge < -0.3 is 10.6 Å². The minimum atomic E-state index is -4.26. The highest BCUT2D eigenvalue weighted by Gasteiger charge is 2.56. The highest BCUT2D eigenvalue weighted by molar-refractivity contribution is 6.09. The standard InChI is InChI=1S/C19H31F3N4O3/c1-13-8-17(2,3)11-18(9-13)15(28)26(16(29)24-18)10-14(27)23-6-5-7-25(4)12-19(20,21)22/h13H,5-12H2,1-4H3,(H,23,27)(H,24,29). The number of imide groups is 1. The normalized spacial score (nSPS) is 26.9. The fourth-order valence-corrected chi connectivity index (χ4v) is 4.81. The fraction of sp³-hybridized carbons (Fsp3) is 0.842. The molecule has 1 aliphatic carbocycles. The van der Waals surface area contributed by atoms with Crippen molar-refractivity contribution >= 4 is 17.8 Å². The summed E-state index contributed by atoms with van der Waals surface area (Å²) in [7, 11) is 1.36.